The van der Waals surface area contributed by atoms with Crippen LogP contribution in [0.1, 0.15) is 21.5 Å². The van der Waals surface area contributed by atoms with Crippen LogP contribution in [0.15, 0.2) is 6.07 Å². The summed E-state index contributed by atoms with van der Waals surface area (Å²) in [6.45, 7) is 3.34. The first-order valence-corrected chi connectivity index (χ1v) is 4.94. The Kier molecular flexibility index (Phi) is 5.33. The van der Waals surface area contributed by atoms with Gasteiger partial charge in [0.25, 0.3) is 0 Å². The molecule has 8 nitrogen and oxygen atoms in total. The zero-order chi connectivity index (χ0) is 15.3. The highest BCUT2D eigenvalue weighted by Crippen LogP contribution is 2.25. The molecule has 0 atom stereocenters. The first kappa shape index (κ1) is 16.2. The molecule has 1 aromatic rings. The third kappa shape index (κ3) is 4.19. The van der Waals surface area contributed by atoms with Crippen LogP contribution in [0.4, 0.5) is 11.4 Å². The highest BCUT2D eigenvalue weighted by Gasteiger charge is 2.14. The second-order valence-electron chi connectivity index (χ2n) is 3.60. The molecule has 0 aliphatic rings. The summed E-state index contributed by atoms with van der Waals surface area (Å²) in [5, 5.41) is 23.7. The molecule has 0 aromatic heterocycles. The minimum atomic E-state index is -1.82. The van der Waals surface area contributed by atoms with Crippen molar-refractivity contribution in [2.45, 2.75) is 13.8 Å². The molecule has 0 bridgehead atoms. The van der Waals surface area contributed by atoms with Crippen molar-refractivity contribution in [3.63, 3.8) is 0 Å². The first-order chi connectivity index (χ1) is 8.59. The highest BCUT2D eigenvalue weighted by atomic mass is 16.4. The predicted octanol–water partition coefficient (Wildman–Crippen LogP) is 0.322. The molecule has 0 aliphatic heterocycles. The predicted molar refractivity (Wildman–Crippen MR) is 67.0 cm³/mol. The molecule has 1 rings (SSSR count). The number of carbonyl (C=O) groups is 3. The van der Waals surface area contributed by atoms with Gasteiger partial charge < -0.3 is 26.8 Å². The Bertz CT molecular complexity index is 500. The molecule has 0 saturated carbocycles. The number of anilines is 2. The number of aliphatic carboxylic acids is 2. The van der Waals surface area contributed by atoms with E-state index < -0.39 is 17.9 Å². The molecule has 104 valence electrons. The molecular weight excluding hydrogens is 256 g/mol. The average Bonchev–Trinajstić information content (AvgIpc) is 2.27. The van der Waals surface area contributed by atoms with Gasteiger partial charge in [-0.05, 0) is 31.0 Å². The maximum atomic E-state index is 10.8. The van der Waals surface area contributed by atoms with Gasteiger partial charge in [-0.25, -0.2) is 14.4 Å². The number of carboxylic acids is 3. The van der Waals surface area contributed by atoms with Crippen LogP contribution in [-0.4, -0.2) is 33.2 Å². The quantitative estimate of drug-likeness (QED) is 0.359. The topological polar surface area (TPSA) is 164 Å². The Labute approximate surface area is 108 Å². The molecule has 7 N–H and O–H groups in total. The Morgan fingerprint density at radius 2 is 1.21 bits per heavy atom. The van der Waals surface area contributed by atoms with Crippen molar-refractivity contribution in [2.24, 2.45) is 0 Å². The maximum absolute atomic E-state index is 10.8. The standard InChI is InChI=1S/C9H12N2O2.C2H2O4/c1-4-6(10)3-7(11)5(2)8(4)9(12)13;3-1(4)2(5)6/h3H,10-11H2,1-2H3,(H,12,13);(H,3,4)(H,5,6). The minimum Gasteiger partial charge on any atom is -0.478 e. The van der Waals surface area contributed by atoms with Crippen molar-refractivity contribution in [3.8, 4) is 0 Å². The van der Waals surface area contributed by atoms with E-state index in [1.807, 2.05) is 0 Å². The molecule has 0 heterocycles. The van der Waals surface area contributed by atoms with Crippen LogP contribution in [-0.2, 0) is 9.59 Å². The van der Waals surface area contributed by atoms with Crippen LogP contribution in [0, 0.1) is 13.8 Å². The molecule has 0 saturated heterocycles. The normalized spacial score (nSPS) is 9.16. The number of rotatable bonds is 1. The summed E-state index contributed by atoms with van der Waals surface area (Å²) >= 11 is 0. The summed E-state index contributed by atoms with van der Waals surface area (Å²) in [6.07, 6.45) is 0. The van der Waals surface area contributed by atoms with E-state index in [-0.39, 0.29) is 5.56 Å². The van der Waals surface area contributed by atoms with E-state index in [1.165, 1.54) is 0 Å². The van der Waals surface area contributed by atoms with E-state index in [2.05, 4.69) is 0 Å². The van der Waals surface area contributed by atoms with Gasteiger partial charge >= 0.3 is 17.9 Å². The summed E-state index contributed by atoms with van der Waals surface area (Å²) in [7, 11) is 0. The van der Waals surface area contributed by atoms with Gasteiger partial charge in [-0.3, -0.25) is 0 Å². The largest absolute Gasteiger partial charge is 0.478 e. The number of nitrogen functional groups attached to an aromatic ring is 2. The second-order valence-corrected chi connectivity index (χ2v) is 3.60. The highest BCUT2D eigenvalue weighted by molar-refractivity contribution is 6.27. The third-order valence-corrected chi connectivity index (χ3v) is 2.32. The fraction of sp³-hybridized carbons (Fsp3) is 0.182. The van der Waals surface area contributed by atoms with Crippen molar-refractivity contribution < 1.29 is 29.7 Å². The zero-order valence-corrected chi connectivity index (χ0v) is 10.3. The van der Waals surface area contributed by atoms with Crippen LogP contribution in [0.5, 0.6) is 0 Å². The second kappa shape index (κ2) is 6.24. The van der Waals surface area contributed by atoms with Gasteiger partial charge in [-0.2, -0.15) is 0 Å². The number of hydrogen-bond acceptors (Lipinski definition) is 5. The molecule has 0 spiro atoms. The SMILES string of the molecule is Cc1c(N)cc(N)c(C)c1C(=O)O.O=C(O)C(=O)O. The molecule has 0 amide bonds. The van der Waals surface area contributed by atoms with Gasteiger partial charge in [0, 0.05) is 11.4 Å². The van der Waals surface area contributed by atoms with Gasteiger partial charge in [0.15, 0.2) is 0 Å². The van der Waals surface area contributed by atoms with Gasteiger partial charge in [-0.1, -0.05) is 0 Å². The lowest BCUT2D eigenvalue weighted by molar-refractivity contribution is -0.159. The van der Waals surface area contributed by atoms with Crippen molar-refractivity contribution >= 4 is 29.3 Å². The van der Waals surface area contributed by atoms with Crippen molar-refractivity contribution in [1.29, 1.82) is 0 Å². The van der Waals surface area contributed by atoms with Gasteiger partial charge in [0.05, 0.1) is 5.56 Å². The zero-order valence-electron chi connectivity index (χ0n) is 10.3. The summed E-state index contributed by atoms with van der Waals surface area (Å²) in [5.41, 5.74) is 13.3. The molecular formula is C11H14N2O6. The minimum absolute atomic E-state index is 0.206. The van der Waals surface area contributed by atoms with E-state index in [9.17, 15) is 4.79 Å². The van der Waals surface area contributed by atoms with Crippen LogP contribution in [0.2, 0.25) is 0 Å². The van der Waals surface area contributed by atoms with E-state index in [0.29, 0.717) is 22.5 Å². The molecule has 8 heteroatoms. The van der Waals surface area contributed by atoms with E-state index in [1.54, 1.807) is 19.9 Å². The number of hydrogen-bond donors (Lipinski definition) is 5. The Morgan fingerprint density at radius 1 is 0.895 bits per heavy atom. The Balaban J connectivity index is 0.000000459. The fourth-order valence-electron chi connectivity index (χ4n) is 1.27. The average molecular weight is 270 g/mol. The summed E-state index contributed by atoms with van der Waals surface area (Å²) in [6, 6.07) is 1.58. The lowest BCUT2D eigenvalue weighted by atomic mass is 10.00. The van der Waals surface area contributed by atoms with Crippen molar-refractivity contribution in [2.75, 3.05) is 11.5 Å². The van der Waals surface area contributed by atoms with Crippen molar-refractivity contribution in [1.82, 2.24) is 0 Å². The fourth-order valence-corrected chi connectivity index (χ4v) is 1.27. The Morgan fingerprint density at radius 3 is 1.42 bits per heavy atom. The molecule has 0 aliphatic carbocycles. The molecule has 1 aromatic carbocycles. The summed E-state index contributed by atoms with van der Waals surface area (Å²) < 4.78 is 0. The number of carboxylic acid groups (broad SMARTS) is 3. The van der Waals surface area contributed by atoms with E-state index in [0.717, 1.165) is 0 Å². The Hall–Kier alpha value is -2.77. The lowest BCUT2D eigenvalue weighted by Crippen LogP contribution is -2.09. The monoisotopic (exact) mass is 270 g/mol. The van der Waals surface area contributed by atoms with Crippen LogP contribution >= 0.6 is 0 Å². The summed E-state index contributed by atoms with van der Waals surface area (Å²) in [4.78, 5) is 29.0. The van der Waals surface area contributed by atoms with Gasteiger partial charge in [-0.15, -0.1) is 0 Å². The van der Waals surface area contributed by atoms with E-state index >= 15 is 0 Å². The molecule has 19 heavy (non-hydrogen) atoms. The number of nitrogens with two attached hydrogens (primary N) is 2. The maximum Gasteiger partial charge on any atom is 0.414 e. The molecule has 0 fully saturated rings. The van der Waals surface area contributed by atoms with Crippen molar-refractivity contribution in [3.05, 3.63) is 22.8 Å². The smallest absolute Gasteiger partial charge is 0.414 e. The number of aromatic carboxylic acids is 1. The van der Waals surface area contributed by atoms with Crippen LogP contribution in [0.25, 0.3) is 0 Å². The third-order valence-electron chi connectivity index (χ3n) is 2.32. The number of benzene rings is 1. The van der Waals surface area contributed by atoms with Gasteiger partial charge in [0.1, 0.15) is 0 Å². The van der Waals surface area contributed by atoms with Crippen LogP contribution < -0.4 is 11.5 Å². The lowest BCUT2D eigenvalue weighted by Gasteiger charge is -2.10. The first-order valence-electron chi connectivity index (χ1n) is 4.94. The summed E-state index contributed by atoms with van der Waals surface area (Å²) in [5.74, 6) is -4.64. The molecule has 0 radical (unpaired) electrons. The molecule has 0 unspecified atom stereocenters. The van der Waals surface area contributed by atoms with Crippen LogP contribution in [0.3, 0.4) is 0 Å². The van der Waals surface area contributed by atoms with Gasteiger partial charge in [0.2, 0.25) is 0 Å². The van der Waals surface area contributed by atoms with E-state index in [4.69, 9.17) is 36.4 Å².